The van der Waals surface area contributed by atoms with Crippen molar-refractivity contribution >= 4 is 34.1 Å². The Kier molecular flexibility index (Phi) is 10.5. The lowest BCUT2D eigenvalue weighted by Gasteiger charge is -2.38. The predicted octanol–water partition coefficient (Wildman–Crippen LogP) is 4.95. The van der Waals surface area contributed by atoms with E-state index in [9.17, 15) is 18.0 Å². The molecule has 3 aliphatic rings. The number of nitrogens with one attached hydrogen (secondary N) is 1. The van der Waals surface area contributed by atoms with Crippen LogP contribution in [0, 0.1) is 5.41 Å². The molecule has 1 spiro atoms. The number of benzene rings is 2. The molecule has 1 unspecified atom stereocenters. The zero-order valence-electron chi connectivity index (χ0n) is 24.1. The van der Waals surface area contributed by atoms with Crippen LogP contribution < -0.4 is 5.32 Å². The molecule has 0 radical (unpaired) electrons. The van der Waals surface area contributed by atoms with E-state index in [0.29, 0.717) is 17.5 Å². The van der Waals surface area contributed by atoms with Gasteiger partial charge in [-0.1, -0.05) is 61.7 Å². The van der Waals surface area contributed by atoms with Gasteiger partial charge in [0, 0.05) is 25.4 Å². The van der Waals surface area contributed by atoms with Crippen LogP contribution in [0.4, 0.5) is 0 Å². The van der Waals surface area contributed by atoms with E-state index in [4.69, 9.17) is 0 Å². The highest BCUT2D eigenvalue weighted by Crippen LogP contribution is 2.42. The van der Waals surface area contributed by atoms with E-state index in [-0.39, 0.29) is 35.6 Å². The highest BCUT2D eigenvalue weighted by Gasteiger charge is 2.47. The number of sulfone groups is 1. The summed E-state index contributed by atoms with van der Waals surface area (Å²) in [6.45, 7) is 3.84. The second kappa shape index (κ2) is 13.7. The molecule has 9 heteroatoms. The Bertz CT molecular complexity index is 1270. The zero-order valence-corrected chi connectivity index (χ0v) is 25.7. The van der Waals surface area contributed by atoms with Gasteiger partial charge in [0.15, 0.2) is 9.84 Å². The summed E-state index contributed by atoms with van der Waals surface area (Å²) in [6, 6.07) is 17.3. The Morgan fingerprint density at radius 2 is 1.59 bits per heavy atom. The van der Waals surface area contributed by atoms with E-state index in [2.05, 4.69) is 22.3 Å². The lowest BCUT2D eigenvalue weighted by atomic mass is 9.77. The van der Waals surface area contributed by atoms with Crippen molar-refractivity contribution in [3.05, 3.63) is 65.7 Å². The molecular weight excluding hydrogens is 558 g/mol. The second-order valence-electron chi connectivity index (χ2n) is 12.1. The number of likely N-dealkylation sites (tertiary alicyclic amines) is 2. The molecule has 5 rings (SSSR count). The topological polar surface area (TPSA) is 86.8 Å². The molecule has 1 atom stereocenters. The van der Waals surface area contributed by atoms with Crippen molar-refractivity contribution in [2.75, 3.05) is 32.4 Å². The summed E-state index contributed by atoms with van der Waals surface area (Å²) in [4.78, 5) is 31.5. The fraction of sp³-hybridized carbons (Fsp3) is 0.562. The third kappa shape index (κ3) is 7.70. The van der Waals surface area contributed by atoms with Crippen LogP contribution in [0.15, 0.2) is 59.5 Å². The quantitative estimate of drug-likeness (QED) is 0.440. The van der Waals surface area contributed by atoms with Gasteiger partial charge in [-0.15, -0.1) is 12.4 Å². The fourth-order valence-corrected chi connectivity index (χ4v) is 7.40. The predicted molar refractivity (Wildman–Crippen MR) is 164 cm³/mol. The number of carbonyl (C=O) groups excluding carboxylic acids is 2. The van der Waals surface area contributed by atoms with Crippen LogP contribution in [0.2, 0.25) is 0 Å². The Morgan fingerprint density at radius 3 is 2.22 bits per heavy atom. The molecule has 2 heterocycles. The Morgan fingerprint density at radius 1 is 0.951 bits per heavy atom. The normalized spacial score (nSPS) is 20.5. The molecular formula is C32H44ClN3O4S. The second-order valence-corrected chi connectivity index (χ2v) is 14.1. The SMILES string of the molecule is CS(=O)(=O)c1ccc(CN2CCC3(CCN(CCC(C(=O)NC4CCCCC4)c4ccccc4)CC3)C2=O)cc1.Cl. The summed E-state index contributed by atoms with van der Waals surface area (Å²) in [7, 11) is -3.23. The first kappa shape index (κ1) is 31.5. The van der Waals surface area contributed by atoms with Gasteiger partial charge in [0.05, 0.1) is 16.2 Å². The van der Waals surface area contributed by atoms with Crippen molar-refractivity contribution in [2.45, 2.75) is 81.2 Å². The maximum atomic E-state index is 13.5. The molecule has 1 saturated carbocycles. The first-order chi connectivity index (χ1) is 19.2. The van der Waals surface area contributed by atoms with Gasteiger partial charge in [-0.25, -0.2) is 8.42 Å². The summed E-state index contributed by atoms with van der Waals surface area (Å²) in [5.41, 5.74) is 1.74. The third-order valence-electron chi connectivity index (χ3n) is 9.34. The molecule has 41 heavy (non-hydrogen) atoms. The molecule has 2 amide bonds. The van der Waals surface area contributed by atoms with Crippen molar-refractivity contribution in [1.82, 2.24) is 15.1 Å². The van der Waals surface area contributed by atoms with E-state index in [1.165, 1.54) is 25.5 Å². The molecule has 2 aliphatic heterocycles. The van der Waals surface area contributed by atoms with Crippen molar-refractivity contribution in [3.8, 4) is 0 Å². The summed E-state index contributed by atoms with van der Waals surface area (Å²) in [5.74, 6) is 0.225. The molecule has 2 saturated heterocycles. The van der Waals surface area contributed by atoms with Crippen LogP contribution in [0.25, 0.3) is 0 Å². The van der Waals surface area contributed by atoms with Gasteiger partial charge in [-0.05, 0) is 81.4 Å². The van der Waals surface area contributed by atoms with Gasteiger partial charge in [-0.3, -0.25) is 9.59 Å². The summed E-state index contributed by atoms with van der Waals surface area (Å²) < 4.78 is 23.5. The van der Waals surface area contributed by atoms with Crippen molar-refractivity contribution in [1.29, 1.82) is 0 Å². The van der Waals surface area contributed by atoms with Gasteiger partial charge in [0.2, 0.25) is 11.8 Å². The van der Waals surface area contributed by atoms with Gasteiger partial charge in [-0.2, -0.15) is 0 Å². The Hall–Kier alpha value is -2.42. The summed E-state index contributed by atoms with van der Waals surface area (Å²) in [6.07, 6.45) is 10.4. The van der Waals surface area contributed by atoms with Gasteiger partial charge < -0.3 is 15.1 Å². The van der Waals surface area contributed by atoms with E-state index in [1.807, 2.05) is 35.2 Å². The number of nitrogens with zero attached hydrogens (tertiary/aromatic N) is 2. The lowest BCUT2D eigenvalue weighted by Crippen LogP contribution is -2.45. The minimum absolute atomic E-state index is 0. The Balaban J connectivity index is 0.00000387. The van der Waals surface area contributed by atoms with Crippen LogP contribution >= 0.6 is 12.4 Å². The molecule has 1 N–H and O–H groups in total. The molecule has 2 aromatic carbocycles. The van der Waals surface area contributed by atoms with Crippen molar-refractivity contribution in [2.24, 2.45) is 5.41 Å². The number of hydrogen-bond acceptors (Lipinski definition) is 5. The number of rotatable bonds is 9. The number of halogens is 1. The van der Waals surface area contributed by atoms with E-state index < -0.39 is 9.84 Å². The van der Waals surface area contributed by atoms with Crippen molar-refractivity contribution < 1.29 is 18.0 Å². The van der Waals surface area contributed by atoms with E-state index in [0.717, 1.165) is 75.8 Å². The Labute approximate surface area is 251 Å². The highest BCUT2D eigenvalue weighted by molar-refractivity contribution is 7.90. The molecule has 0 aromatic heterocycles. The minimum Gasteiger partial charge on any atom is -0.353 e. The third-order valence-corrected chi connectivity index (χ3v) is 10.5. The van der Waals surface area contributed by atoms with E-state index >= 15 is 0 Å². The molecule has 224 valence electrons. The van der Waals surface area contributed by atoms with Gasteiger partial charge in [0.1, 0.15) is 0 Å². The van der Waals surface area contributed by atoms with Crippen LogP contribution in [0.5, 0.6) is 0 Å². The maximum Gasteiger partial charge on any atom is 0.229 e. The molecule has 1 aliphatic carbocycles. The lowest BCUT2D eigenvalue weighted by molar-refractivity contribution is -0.138. The molecule has 2 aromatic rings. The largest absolute Gasteiger partial charge is 0.353 e. The average Bonchev–Trinajstić information content (AvgIpc) is 3.25. The highest BCUT2D eigenvalue weighted by atomic mass is 35.5. The smallest absolute Gasteiger partial charge is 0.229 e. The average molecular weight is 602 g/mol. The maximum absolute atomic E-state index is 13.5. The van der Waals surface area contributed by atoms with Crippen LogP contribution in [0.1, 0.15) is 74.8 Å². The fourth-order valence-electron chi connectivity index (χ4n) is 6.77. The van der Waals surface area contributed by atoms with Crippen LogP contribution in [-0.4, -0.2) is 68.5 Å². The first-order valence-electron chi connectivity index (χ1n) is 14.9. The zero-order chi connectivity index (χ0) is 28.2. The first-order valence-corrected chi connectivity index (χ1v) is 16.8. The van der Waals surface area contributed by atoms with Crippen LogP contribution in [0.3, 0.4) is 0 Å². The molecule has 0 bridgehead atoms. The number of carbonyl (C=O) groups is 2. The summed E-state index contributed by atoms with van der Waals surface area (Å²) >= 11 is 0. The standard InChI is InChI=1S/C32H43N3O4S.ClH/c1-40(38,39)28-14-12-25(13-15-28)24-35-23-19-32(31(35)37)17-21-34(22-18-32)20-16-29(26-8-4-2-5-9-26)30(36)33-27-10-6-3-7-11-27;/h2,4-5,8-9,12-15,27,29H,3,6-7,10-11,16-24H2,1H3,(H,33,36);1H. The number of piperidine rings is 1. The molecule has 7 nitrogen and oxygen atoms in total. The van der Waals surface area contributed by atoms with Crippen LogP contribution in [-0.2, 0) is 26.0 Å². The molecule has 3 fully saturated rings. The van der Waals surface area contributed by atoms with Gasteiger partial charge >= 0.3 is 0 Å². The van der Waals surface area contributed by atoms with E-state index in [1.54, 1.807) is 12.1 Å². The monoisotopic (exact) mass is 601 g/mol. The van der Waals surface area contributed by atoms with Gasteiger partial charge in [0.25, 0.3) is 0 Å². The number of amides is 2. The van der Waals surface area contributed by atoms with Crippen molar-refractivity contribution in [3.63, 3.8) is 0 Å². The summed E-state index contributed by atoms with van der Waals surface area (Å²) in [5, 5.41) is 3.35. The minimum atomic E-state index is -3.23. The number of hydrogen-bond donors (Lipinski definition) is 1.